The van der Waals surface area contributed by atoms with E-state index in [4.69, 9.17) is 4.74 Å². The number of hydrogen-bond acceptors (Lipinski definition) is 6. The van der Waals surface area contributed by atoms with Crippen molar-refractivity contribution in [2.45, 2.75) is 32.2 Å². The summed E-state index contributed by atoms with van der Waals surface area (Å²) in [6, 6.07) is 4.33. The topological polar surface area (TPSA) is 105 Å². The van der Waals surface area contributed by atoms with Crippen LogP contribution in [0.25, 0.3) is 0 Å². The molecule has 1 rings (SSSR count). The smallest absolute Gasteiger partial charge is 0.275 e. The van der Waals surface area contributed by atoms with Crippen LogP contribution in [0, 0.1) is 10.1 Å². The fraction of sp³-hybridized carbons (Fsp3) is 0.571. The molecule has 0 aliphatic carbocycles. The Morgan fingerprint density at radius 2 is 1.95 bits per heavy atom. The van der Waals surface area contributed by atoms with Gasteiger partial charge in [-0.3, -0.25) is 10.1 Å². The molecule has 7 heteroatoms. The van der Waals surface area contributed by atoms with Crippen LogP contribution < -0.4 is 10.1 Å². The Morgan fingerprint density at radius 1 is 1.29 bits per heavy atom. The Balaban J connectivity index is 3.09. The number of hydrogen-bond donors (Lipinski definition) is 3. The van der Waals surface area contributed by atoms with E-state index >= 15 is 0 Å². The Hall–Kier alpha value is -1.86. The SMILES string of the molecule is CCCOc1cc(NC(CC)(CO)CO)cc([N+](=O)[O-])c1. The van der Waals surface area contributed by atoms with Crippen LogP contribution in [0.1, 0.15) is 26.7 Å². The average molecular weight is 298 g/mol. The summed E-state index contributed by atoms with van der Waals surface area (Å²) in [6.45, 7) is 3.64. The fourth-order valence-corrected chi connectivity index (χ4v) is 1.81. The molecule has 0 spiro atoms. The monoisotopic (exact) mass is 298 g/mol. The highest BCUT2D eigenvalue weighted by atomic mass is 16.6. The van der Waals surface area contributed by atoms with Gasteiger partial charge < -0.3 is 20.3 Å². The van der Waals surface area contributed by atoms with Gasteiger partial charge in [0, 0.05) is 17.8 Å². The lowest BCUT2D eigenvalue weighted by molar-refractivity contribution is -0.384. The molecule has 1 aromatic carbocycles. The zero-order chi connectivity index (χ0) is 15.9. The molecule has 0 fully saturated rings. The Morgan fingerprint density at radius 3 is 2.43 bits per heavy atom. The number of nitrogens with zero attached hydrogens (tertiary/aromatic N) is 1. The second-order valence-corrected chi connectivity index (χ2v) is 4.90. The van der Waals surface area contributed by atoms with Crippen LogP contribution in [0.3, 0.4) is 0 Å². The molecule has 0 aliphatic heterocycles. The third-order valence-electron chi connectivity index (χ3n) is 3.27. The summed E-state index contributed by atoms with van der Waals surface area (Å²) in [5, 5.41) is 32.8. The van der Waals surface area contributed by atoms with E-state index in [0.717, 1.165) is 6.42 Å². The molecule has 0 atom stereocenters. The lowest BCUT2D eigenvalue weighted by Crippen LogP contribution is -2.45. The summed E-state index contributed by atoms with van der Waals surface area (Å²) in [6.07, 6.45) is 1.26. The molecule has 0 radical (unpaired) electrons. The van der Waals surface area contributed by atoms with E-state index in [1.165, 1.54) is 12.1 Å². The molecule has 7 nitrogen and oxygen atoms in total. The molecule has 0 heterocycles. The lowest BCUT2D eigenvalue weighted by Gasteiger charge is -2.31. The maximum absolute atomic E-state index is 11.0. The molecule has 118 valence electrons. The zero-order valence-corrected chi connectivity index (χ0v) is 12.3. The van der Waals surface area contributed by atoms with E-state index < -0.39 is 10.5 Å². The number of non-ortho nitro benzene ring substituents is 1. The molecule has 0 saturated carbocycles. The van der Waals surface area contributed by atoms with Gasteiger partial charge in [-0.25, -0.2) is 0 Å². The quantitative estimate of drug-likeness (QED) is 0.475. The number of aliphatic hydroxyl groups excluding tert-OH is 2. The van der Waals surface area contributed by atoms with E-state index in [0.29, 0.717) is 24.5 Å². The van der Waals surface area contributed by atoms with Crippen LogP contribution >= 0.6 is 0 Å². The van der Waals surface area contributed by atoms with Gasteiger partial charge in [0.2, 0.25) is 0 Å². The van der Waals surface area contributed by atoms with Crippen LogP contribution in [0.2, 0.25) is 0 Å². The number of nitrogens with one attached hydrogen (secondary N) is 1. The van der Waals surface area contributed by atoms with Gasteiger partial charge in [-0.1, -0.05) is 13.8 Å². The molecule has 0 amide bonds. The number of anilines is 1. The Bertz CT molecular complexity index is 466. The van der Waals surface area contributed by atoms with Crippen LogP contribution in [0.15, 0.2) is 18.2 Å². The minimum absolute atomic E-state index is 0.105. The van der Waals surface area contributed by atoms with Crippen molar-refractivity contribution in [3.05, 3.63) is 28.3 Å². The van der Waals surface area contributed by atoms with Crippen molar-refractivity contribution in [2.75, 3.05) is 25.1 Å². The van der Waals surface area contributed by atoms with Gasteiger partial charge in [-0.15, -0.1) is 0 Å². The van der Waals surface area contributed by atoms with Crippen molar-refractivity contribution in [1.82, 2.24) is 0 Å². The third-order valence-corrected chi connectivity index (χ3v) is 3.27. The molecule has 3 N–H and O–H groups in total. The summed E-state index contributed by atoms with van der Waals surface area (Å²) >= 11 is 0. The highest BCUT2D eigenvalue weighted by Gasteiger charge is 2.27. The Labute approximate surface area is 123 Å². The highest BCUT2D eigenvalue weighted by Crippen LogP contribution is 2.28. The summed E-state index contributed by atoms with van der Waals surface area (Å²) in [5.74, 6) is 0.384. The molecular weight excluding hydrogens is 276 g/mol. The molecule has 21 heavy (non-hydrogen) atoms. The van der Waals surface area contributed by atoms with Crippen molar-refractivity contribution in [3.63, 3.8) is 0 Å². The maximum atomic E-state index is 11.0. The largest absolute Gasteiger partial charge is 0.493 e. The first-order valence-corrected chi connectivity index (χ1v) is 6.92. The van der Waals surface area contributed by atoms with E-state index in [-0.39, 0.29) is 18.9 Å². The van der Waals surface area contributed by atoms with Gasteiger partial charge in [0.15, 0.2) is 0 Å². The lowest BCUT2D eigenvalue weighted by atomic mass is 9.98. The molecule has 0 saturated heterocycles. The van der Waals surface area contributed by atoms with Crippen molar-refractivity contribution in [1.29, 1.82) is 0 Å². The first kappa shape index (κ1) is 17.2. The number of nitro benzene ring substituents is 1. The predicted octanol–water partition coefficient (Wildman–Crippen LogP) is 1.93. The van der Waals surface area contributed by atoms with E-state index in [1.807, 2.05) is 13.8 Å². The maximum Gasteiger partial charge on any atom is 0.275 e. The molecule has 0 bridgehead atoms. The molecule has 0 aliphatic rings. The number of rotatable bonds is 9. The van der Waals surface area contributed by atoms with E-state index in [2.05, 4.69) is 5.32 Å². The number of ether oxygens (including phenoxy) is 1. The van der Waals surface area contributed by atoms with Crippen molar-refractivity contribution >= 4 is 11.4 Å². The first-order chi connectivity index (χ1) is 10.00. The number of aliphatic hydroxyl groups is 2. The fourth-order valence-electron chi connectivity index (χ4n) is 1.81. The predicted molar refractivity (Wildman–Crippen MR) is 79.7 cm³/mol. The molecule has 0 unspecified atom stereocenters. The van der Waals surface area contributed by atoms with Gasteiger partial charge in [0.25, 0.3) is 5.69 Å². The summed E-state index contributed by atoms with van der Waals surface area (Å²) in [5.41, 5.74) is -0.593. The molecule has 0 aromatic heterocycles. The average Bonchev–Trinajstić information content (AvgIpc) is 2.50. The highest BCUT2D eigenvalue weighted by molar-refractivity contribution is 5.57. The normalized spacial score (nSPS) is 11.2. The van der Waals surface area contributed by atoms with Crippen molar-refractivity contribution in [3.8, 4) is 5.75 Å². The zero-order valence-electron chi connectivity index (χ0n) is 12.3. The van der Waals surface area contributed by atoms with Gasteiger partial charge in [0.05, 0.1) is 36.3 Å². The summed E-state index contributed by atoms with van der Waals surface area (Å²) in [7, 11) is 0. The molecular formula is C14H22N2O5. The second kappa shape index (κ2) is 7.80. The van der Waals surface area contributed by atoms with Crippen molar-refractivity contribution < 1.29 is 19.9 Å². The van der Waals surface area contributed by atoms with E-state index in [9.17, 15) is 20.3 Å². The van der Waals surface area contributed by atoms with Crippen molar-refractivity contribution in [2.24, 2.45) is 0 Å². The van der Waals surface area contributed by atoms with E-state index in [1.54, 1.807) is 6.07 Å². The second-order valence-electron chi connectivity index (χ2n) is 4.90. The van der Waals surface area contributed by atoms with Crippen LogP contribution in [0.5, 0.6) is 5.75 Å². The summed E-state index contributed by atoms with van der Waals surface area (Å²) in [4.78, 5) is 10.5. The number of nitro groups is 1. The standard InChI is InChI=1S/C14H22N2O5/c1-3-5-21-13-7-11(6-12(8-13)16(19)20)15-14(4-2,9-17)10-18/h6-8,15,17-18H,3-5,9-10H2,1-2H3. The van der Waals surface area contributed by atoms with Gasteiger partial charge in [-0.05, 0) is 12.8 Å². The van der Waals surface area contributed by atoms with Crippen LogP contribution in [-0.4, -0.2) is 40.5 Å². The summed E-state index contributed by atoms with van der Waals surface area (Å²) < 4.78 is 5.43. The Kier molecular flexibility index (Phi) is 6.39. The molecule has 1 aromatic rings. The van der Waals surface area contributed by atoms with Gasteiger partial charge in [0.1, 0.15) is 5.75 Å². The number of benzene rings is 1. The van der Waals surface area contributed by atoms with Crippen LogP contribution in [0.4, 0.5) is 11.4 Å². The van der Waals surface area contributed by atoms with Gasteiger partial charge in [-0.2, -0.15) is 0 Å². The third kappa shape index (κ3) is 4.57. The van der Waals surface area contributed by atoms with Crippen LogP contribution in [-0.2, 0) is 0 Å². The first-order valence-electron chi connectivity index (χ1n) is 6.92. The minimum Gasteiger partial charge on any atom is -0.493 e. The minimum atomic E-state index is -0.919. The van der Waals surface area contributed by atoms with Gasteiger partial charge >= 0.3 is 0 Å².